The van der Waals surface area contributed by atoms with Crippen LogP contribution in [-0.4, -0.2) is 12.1 Å². The van der Waals surface area contributed by atoms with Gasteiger partial charge < -0.3 is 4.74 Å². The summed E-state index contributed by atoms with van der Waals surface area (Å²) < 4.78 is 5.58. The molecule has 0 N–H and O–H groups in total. The van der Waals surface area contributed by atoms with Crippen molar-refractivity contribution in [2.75, 3.05) is 0 Å². The highest BCUT2D eigenvalue weighted by atomic mass is 16.5. The lowest BCUT2D eigenvalue weighted by molar-refractivity contribution is -0.155. The maximum atomic E-state index is 11.8. The number of hydrogen-bond donors (Lipinski definition) is 0. The lowest BCUT2D eigenvalue weighted by Crippen LogP contribution is -2.25. The van der Waals surface area contributed by atoms with Crippen molar-refractivity contribution in [3.63, 3.8) is 0 Å². The van der Waals surface area contributed by atoms with Crippen LogP contribution in [0.1, 0.15) is 58.3 Å². The van der Waals surface area contributed by atoms with Crippen LogP contribution in [0.25, 0.3) is 0 Å². The Balaban J connectivity index is 1.77. The van der Waals surface area contributed by atoms with Gasteiger partial charge >= 0.3 is 5.97 Å². The highest BCUT2D eigenvalue weighted by molar-refractivity contribution is 5.72. The van der Waals surface area contributed by atoms with Crippen molar-refractivity contribution in [1.29, 1.82) is 0 Å². The second-order valence-corrected chi connectivity index (χ2v) is 5.17. The van der Waals surface area contributed by atoms with Crippen molar-refractivity contribution in [3.05, 3.63) is 0 Å². The fraction of sp³-hybridized carbons (Fsp3) is 0.923. The molecule has 2 aliphatic carbocycles. The fourth-order valence-corrected chi connectivity index (χ4v) is 2.96. The Hall–Kier alpha value is -0.530. The molecular weight excluding hydrogens is 188 g/mol. The maximum Gasteiger partial charge on any atom is 0.309 e. The lowest BCUT2D eigenvalue weighted by Gasteiger charge is -2.21. The van der Waals surface area contributed by atoms with Gasteiger partial charge in [0.05, 0.1) is 5.92 Å². The summed E-state index contributed by atoms with van der Waals surface area (Å²) in [4.78, 5) is 11.8. The third kappa shape index (κ3) is 2.73. The zero-order chi connectivity index (χ0) is 10.7. The van der Waals surface area contributed by atoms with E-state index in [1.54, 1.807) is 0 Å². The molecule has 0 aliphatic heterocycles. The third-order valence-electron chi connectivity index (χ3n) is 4.05. The van der Waals surface area contributed by atoms with Gasteiger partial charge in [-0.25, -0.2) is 0 Å². The van der Waals surface area contributed by atoms with E-state index in [2.05, 4.69) is 6.92 Å². The number of rotatable bonds is 3. The lowest BCUT2D eigenvalue weighted by atomic mass is 10.0. The molecule has 2 nitrogen and oxygen atoms in total. The molecule has 2 rings (SSSR count). The summed E-state index contributed by atoms with van der Waals surface area (Å²) in [7, 11) is 0. The van der Waals surface area contributed by atoms with Gasteiger partial charge in [-0.3, -0.25) is 4.79 Å². The molecule has 2 saturated carbocycles. The van der Waals surface area contributed by atoms with Gasteiger partial charge in [0.2, 0.25) is 0 Å². The Morgan fingerprint density at radius 2 is 1.60 bits per heavy atom. The largest absolute Gasteiger partial charge is 0.462 e. The first kappa shape index (κ1) is 11.0. The normalized spacial score (nSPS) is 25.7. The molecule has 0 aromatic rings. The molecule has 15 heavy (non-hydrogen) atoms. The smallest absolute Gasteiger partial charge is 0.309 e. The van der Waals surface area contributed by atoms with Gasteiger partial charge in [0.25, 0.3) is 0 Å². The Kier molecular flexibility index (Phi) is 3.66. The van der Waals surface area contributed by atoms with Crippen LogP contribution in [0.5, 0.6) is 0 Å². The molecule has 0 heterocycles. The molecule has 0 amide bonds. The van der Waals surface area contributed by atoms with Gasteiger partial charge in [0.15, 0.2) is 0 Å². The zero-order valence-electron chi connectivity index (χ0n) is 9.71. The summed E-state index contributed by atoms with van der Waals surface area (Å²) in [6.45, 7) is 2.07. The minimum absolute atomic E-state index is 0.0758. The molecule has 0 aromatic carbocycles. The molecule has 0 spiro atoms. The second-order valence-electron chi connectivity index (χ2n) is 5.17. The number of ether oxygens (including phenoxy) is 1. The molecule has 2 aliphatic rings. The summed E-state index contributed by atoms with van der Waals surface area (Å²) in [5.74, 6) is 0.927. The van der Waals surface area contributed by atoms with Crippen molar-refractivity contribution in [2.45, 2.75) is 64.4 Å². The topological polar surface area (TPSA) is 26.3 Å². The van der Waals surface area contributed by atoms with Gasteiger partial charge in [-0.2, -0.15) is 0 Å². The van der Waals surface area contributed by atoms with E-state index >= 15 is 0 Å². The predicted octanol–water partition coefficient (Wildman–Crippen LogP) is 3.30. The van der Waals surface area contributed by atoms with Crippen LogP contribution in [0.4, 0.5) is 0 Å². The summed E-state index contributed by atoms with van der Waals surface area (Å²) in [5.41, 5.74) is 0. The summed E-state index contributed by atoms with van der Waals surface area (Å²) in [6, 6.07) is 0. The number of carbonyl (C=O) groups excluding carboxylic acids is 1. The highest BCUT2D eigenvalue weighted by Gasteiger charge is 2.29. The first-order chi connectivity index (χ1) is 7.27. The van der Waals surface area contributed by atoms with E-state index in [9.17, 15) is 4.79 Å². The quantitative estimate of drug-likeness (QED) is 0.668. The average Bonchev–Trinajstić information content (AvgIpc) is 2.91. The predicted molar refractivity (Wildman–Crippen MR) is 59.5 cm³/mol. The SMILES string of the molecule is CC(OC(=O)C1CCCC1)C1CCCC1. The van der Waals surface area contributed by atoms with Crippen molar-refractivity contribution in [2.24, 2.45) is 11.8 Å². The van der Waals surface area contributed by atoms with Crippen molar-refractivity contribution in [3.8, 4) is 0 Å². The molecule has 0 bridgehead atoms. The number of esters is 1. The monoisotopic (exact) mass is 210 g/mol. The van der Waals surface area contributed by atoms with E-state index in [4.69, 9.17) is 4.74 Å². The Morgan fingerprint density at radius 3 is 2.20 bits per heavy atom. The molecule has 2 heteroatoms. The first-order valence-corrected chi connectivity index (χ1v) is 6.48. The van der Waals surface area contributed by atoms with Gasteiger partial charge in [0, 0.05) is 0 Å². The average molecular weight is 210 g/mol. The van der Waals surface area contributed by atoms with Crippen LogP contribution in [0.15, 0.2) is 0 Å². The molecule has 0 radical (unpaired) electrons. The van der Waals surface area contributed by atoms with Crippen molar-refractivity contribution < 1.29 is 9.53 Å². The van der Waals surface area contributed by atoms with E-state index in [0.29, 0.717) is 5.92 Å². The number of carbonyl (C=O) groups is 1. The molecular formula is C13H22O2. The third-order valence-corrected chi connectivity index (χ3v) is 4.05. The Morgan fingerprint density at radius 1 is 1.07 bits per heavy atom. The van der Waals surface area contributed by atoms with Crippen LogP contribution in [-0.2, 0) is 9.53 Å². The van der Waals surface area contributed by atoms with Crippen LogP contribution in [0, 0.1) is 11.8 Å². The van der Waals surface area contributed by atoms with Crippen LogP contribution < -0.4 is 0 Å². The molecule has 2 fully saturated rings. The molecule has 1 unspecified atom stereocenters. The fourth-order valence-electron chi connectivity index (χ4n) is 2.96. The van der Waals surface area contributed by atoms with Crippen LogP contribution in [0.3, 0.4) is 0 Å². The van der Waals surface area contributed by atoms with Gasteiger partial charge in [-0.05, 0) is 38.5 Å². The van der Waals surface area contributed by atoms with E-state index in [1.807, 2.05) is 0 Å². The maximum absolute atomic E-state index is 11.8. The first-order valence-electron chi connectivity index (χ1n) is 6.48. The van der Waals surface area contributed by atoms with E-state index in [0.717, 1.165) is 12.8 Å². The standard InChI is InChI=1S/C13H22O2/c1-10(11-6-2-3-7-11)15-13(14)12-8-4-5-9-12/h10-12H,2-9H2,1H3. The molecule has 86 valence electrons. The molecule has 0 saturated heterocycles. The second kappa shape index (κ2) is 5.00. The number of hydrogen-bond acceptors (Lipinski definition) is 2. The van der Waals surface area contributed by atoms with Crippen molar-refractivity contribution >= 4 is 5.97 Å². The summed E-state index contributed by atoms with van der Waals surface area (Å²) in [6.07, 6.45) is 9.80. The van der Waals surface area contributed by atoms with Gasteiger partial charge in [0.1, 0.15) is 6.10 Å². The van der Waals surface area contributed by atoms with E-state index in [1.165, 1.54) is 38.5 Å². The Labute approximate surface area is 92.4 Å². The van der Waals surface area contributed by atoms with Gasteiger partial charge in [-0.1, -0.05) is 25.7 Å². The van der Waals surface area contributed by atoms with E-state index < -0.39 is 0 Å². The minimum Gasteiger partial charge on any atom is -0.462 e. The summed E-state index contributed by atoms with van der Waals surface area (Å²) >= 11 is 0. The van der Waals surface area contributed by atoms with Crippen LogP contribution in [0.2, 0.25) is 0 Å². The molecule has 1 atom stereocenters. The minimum atomic E-state index is 0.0758. The Bertz CT molecular complexity index is 213. The van der Waals surface area contributed by atoms with Crippen LogP contribution >= 0.6 is 0 Å². The van der Waals surface area contributed by atoms with E-state index in [-0.39, 0.29) is 18.0 Å². The summed E-state index contributed by atoms with van der Waals surface area (Å²) in [5, 5.41) is 0. The zero-order valence-corrected chi connectivity index (χ0v) is 9.71. The molecule has 0 aromatic heterocycles. The van der Waals surface area contributed by atoms with Gasteiger partial charge in [-0.15, -0.1) is 0 Å². The van der Waals surface area contributed by atoms with Crippen molar-refractivity contribution in [1.82, 2.24) is 0 Å². The highest BCUT2D eigenvalue weighted by Crippen LogP contribution is 2.31.